The van der Waals surface area contributed by atoms with E-state index < -0.39 is 5.97 Å². The molecule has 2 aromatic carbocycles. The van der Waals surface area contributed by atoms with Crippen molar-refractivity contribution in [1.82, 2.24) is 0 Å². The second kappa shape index (κ2) is 5.02. The Bertz CT molecular complexity index is 562. The number of rotatable bonds is 2. The van der Waals surface area contributed by atoms with E-state index in [4.69, 9.17) is 5.11 Å². The van der Waals surface area contributed by atoms with Crippen molar-refractivity contribution in [2.75, 3.05) is 0 Å². The zero-order valence-corrected chi connectivity index (χ0v) is 11.8. The fourth-order valence-electron chi connectivity index (χ4n) is 1.57. The van der Waals surface area contributed by atoms with Crippen LogP contribution in [0, 0.1) is 0 Å². The summed E-state index contributed by atoms with van der Waals surface area (Å²) in [5, 5.41) is 9.15. The van der Waals surface area contributed by atoms with E-state index in [1.165, 1.54) is 0 Å². The van der Waals surface area contributed by atoms with Gasteiger partial charge in [0.2, 0.25) is 0 Å². The van der Waals surface area contributed by atoms with Gasteiger partial charge in [-0.1, -0.05) is 44.0 Å². The first kappa shape index (κ1) is 12.3. The normalized spacial score (nSPS) is 10.2. The molecule has 2 aromatic rings. The Labute approximate surface area is 116 Å². The van der Waals surface area contributed by atoms with Gasteiger partial charge in [0.05, 0.1) is 5.56 Å². The summed E-state index contributed by atoms with van der Waals surface area (Å²) >= 11 is 6.71. The topological polar surface area (TPSA) is 37.3 Å². The zero-order chi connectivity index (χ0) is 12.4. The van der Waals surface area contributed by atoms with Gasteiger partial charge in [-0.3, -0.25) is 0 Å². The Balaban J connectivity index is 2.60. The molecule has 86 valence electrons. The van der Waals surface area contributed by atoms with E-state index in [1.54, 1.807) is 12.1 Å². The molecule has 4 heteroatoms. The van der Waals surface area contributed by atoms with E-state index in [-0.39, 0.29) is 0 Å². The van der Waals surface area contributed by atoms with Crippen LogP contribution in [-0.2, 0) is 0 Å². The molecule has 2 rings (SSSR count). The molecule has 0 saturated carbocycles. The van der Waals surface area contributed by atoms with Crippen molar-refractivity contribution < 1.29 is 9.90 Å². The van der Waals surface area contributed by atoms with Crippen LogP contribution in [0.5, 0.6) is 0 Å². The van der Waals surface area contributed by atoms with Gasteiger partial charge < -0.3 is 5.11 Å². The fraction of sp³-hybridized carbons (Fsp3) is 0. The van der Waals surface area contributed by atoms with Gasteiger partial charge in [-0.25, -0.2) is 4.79 Å². The second-order valence-electron chi connectivity index (χ2n) is 3.50. The molecule has 0 aliphatic rings. The van der Waals surface area contributed by atoms with Gasteiger partial charge in [0, 0.05) is 8.95 Å². The van der Waals surface area contributed by atoms with Gasteiger partial charge in [0.1, 0.15) is 0 Å². The number of carboxylic acid groups (broad SMARTS) is 1. The van der Waals surface area contributed by atoms with Crippen molar-refractivity contribution in [1.29, 1.82) is 0 Å². The van der Waals surface area contributed by atoms with Gasteiger partial charge in [0.25, 0.3) is 0 Å². The van der Waals surface area contributed by atoms with Crippen molar-refractivity contribution in [3.8, 4) is 11.1 Å². The largest absolute Gasteiger partial charge is 0.478 e. The van der Waals surface area contributed by atoms with E-state index in [9.17, 15) is 4.79 Å². The van der Waals surface area contributed by atoms with Crippen LogP contribution in [-0.4, -0.2) is 11.1 Å². The summed E-state index contributed by atoms with van der Waals surface area (Å²) in [6.45, 7) is 0. The Hall–Kier alpha value is -1.13. The van der Waals surface area contributed by atoms with E-state index in [2.05, 4.69) is 31.9 Å². The maximum absolute atomic E-state index is 11.1. The molecule has 0 unspecified atom stereocenters. The molecule has 0 fully saturated rings. The highest BCUT2D eigenvalue weighted by Gasteiger charge is 2.11. The summed E-state index contributed by atoms with van der Waals surface area (Å²) in [5.41, 5.74) is 1.89. The first-order valence-corrected chi connectivity index (χ1v) is 6.45. The highest BCUT2D eigenvalue weighted by molar-refractivity contribution is 9.10. The standard InChI is InChI=1S/C13H8Br2O2/c14-9-3-1-8(2-4-9)12-7-10(15)5-6-11(12)13(16)17/h1-7H,(H,16,17). The monoisotopic (exact) mass is 354 g/mol. The minimum Gasteiger partial charge on any atom is -0.478 e. The summed E-state index contributed by atoms with van der Waals surface area (Å²) in [6.07, 6.45) is 0. The number of carbonyl (C=O) groups is 1. The van der Waals surface area contributed by atoms with Crippen molar-refractivity contribution in [2.24, 2.45) is 0 Å². The van der Waals surface area contributed by atoms with Crippen LogP contribution >= 0.6 is 31.9 Å². The average Bonchev–Trinajstić information content (AvgIpc) is 2.29. The van der Waals surface area contributed by atoms with Crippen LogP contribution in [0.2, 0.25) is 0 Å². The molecule has 0 radical (unpaired) electrons. The molecule has 0 spiro atoms. The molecule has 0 saturated heterocycles. The molecule has 2 nitrogen and oxygen atoms in total. The number of benzene rings is 2. The van der Waals surface area contributed by atoms with Gasteiger partial charge >= 0.3 is 5.97 Å². The smallest absolute Gasteiger partial charge is 0.336 e. The molecule has 0 bridgehead atoms. The molecule has 1 N–H and O–H groups in total. The van der Waals surface area contributed by atoms with Gasteiger partial charge in [-0.2, -0.15) is 0 Å². The van der Waals surface area contributed by atoms with Crippen molar-refractivity contribution in [3.05, 3.63) is 57.0 Å². The third-order valence-electron chi connectivity index (χ3n) is 2.37. The van der Waals surface area contributed by atoms with Crippen LogP contribution in [0.1, 0.15) is 10.4 Å². The fourth-order valence-corrected chi connectivity index (χ4v) is 2.20. The number of hydrogen-bond donors (Lipinski definition) is 1. The lowest BCUT2D eigenvalue weighted by molar-refractivity contribution is 0.0697. The minimum absolute atomic E-state index is 0.301. The molecular formula is C13H8Br2O2. The summed E-state index contributed by atoms with van der Waals surface area (Å²) in [7, 11) is 0. The third kappa shape index (κ3) is 2.76. The van der Waals surface area contributed by atoms with Gasteiger partial charge in [0.15, 0.2) is 0 Å². The summed E-state index contributed by atoms with van der Waals surface area (Å²) < 4.78 is 1.83. The predicted octanol–water partition coefficient (Wildman–Crippen LogP) is 4.58. The first-order chi connectivity index (χ1) is 8.08. The van der Waals surface area contributed by atoms with Crippen LogP contribution < -0.4 is 0 Å². The number of carboxylic acids is 1. The highest BCUT2D eigenvalue weighted by atomic mass is 79.9. The van der Waals surface area contributed by atoms with Crippen molar-refractivity contribution in [2.45, 2.75) is 0 Å². The molecule has 0 heterocycles. The number of aromatic carboxylic acids is 1. The molecule has 0 aliphatic heterocycles. The van der Waals surface area contributed by atoms with E-state index in [0.717, 1.165) is 14.5 Å². The Morgan fingerprint density at radius 1 is 0.941 bits per heavy atom. The molecule has 0 atom stereocenters. The Morgan fingerprint density at radius 3 is 2.12 bits per heavy atom. The summed E-state index contributed by atoms with van der Waals surface area (Å²) in [4.78, 5) is 11.1. The first-order valence-electron chi connectivity index (χ1n) is 4.87. The maximum Gasteiger partial charge on any atom is 0.336 e. The van der Waals surface area contributed by atoms with Crippen molar-refractivity contribution in [3.63, 3.8) is 0 Å². The van der Waals surface area contributed by atoms with E-state index >= 15 is 0 Å². The lowest BCUT2D eigenvalue weighted by atomic mass is 10.00. The Morgan fingerprint density at radius 2 is 1.53 bits per heavy atom. The highest BCUT2D eigenvalue weighted by Crippen LogP contribution is 2.28. The predicted molar refractivity (Wildman–Crippen MR) is 74.2 cm³/mol. The van der Waals surface area contributed by atoms with E-state index in [1.807, 2.05) is 30.3 Å². The lowest BCUT2D eigenvalue weighted by Crippen LogP contribution is -1.99. The second-order valence-corrected chi connectivity index (χ2v) is 5.33. The number of halogens is 2. The summed E-state index contributed by atoms with van der Waals surface area (Å²) in [6, 6.07) is 12.7. The maximum atomic E-state index is 11.1. The molecule has 0 aliphatic carbocycles. The van der Waals surface area contributed by atoms with Gasteiger partial charge in [-0.15, -0.1) is 0 Å². The number of hydrogen-bond acceptors (Lipinski definition) is 1. The minimum atomic E-state index is -0.921. The van der Waals surface area contributed by atoms with E-state index in [0.29, 0.717) is 11.1 Å². The van der Waals surface area contributed by atoms with Crippen LogP contribution in [0.15, 0.2) is 51.4 Å². The summed E-state index contributed by atoms with van der Waals surface area (Å²) in [5.74, 6) is -0.921. The molecule has 17 heavy (non-hydrogen) atoms. The van der Waals surface area contributed by atoms with Crippen LogP contribution in [0.3, 0.4) is 0 Å². The molecule has 0 amide bonds. The van der Waals surface area contributed by atoms with Gasteiger partial charge in [-0.05, 0) is 41.5 Å². The van der Waals surface area contributed by atoms with Crippen LogP contribution in [0.4, 0.5) is 0 Å². The lowest BCUT2D eigenvalue weighted by Gasteiger charge is -2.07. The SMILES string of the molecule is O=C(O)c1ccc(Br)cc1-c1ccc(Br)cc1. The average molecular weight is 356 g/mol. The molecular weight excluding hydrogens is 348 g/mol. The Kier molecular flexibility index (Phi) is 3.64. The zero-order valence-electron chi connectivity index (χ0n) is 8.65. The van der Waals surface area contributed by atoms with Crippen LogP contribution in [0.25, 0.3) is 11.1 Å². The van der Waals surface area contributed by atoms with Crippen molar-refractivity contribution >= 4 is 37.8 Å². The molecule has 0 aromatic heterocycles. The quantitative estimate of drug-likeness (QED) is 0.856. The third-order valence-corrected chi connectivity index (χ3v) is 3.39.